The summed E-state index contributed by atoms with van der Waals surface area (Å²) in [6.45, 7) is 0.114. The summed E-state index contributed by atoms with van der Waals surface area (Å²) in [5.41, 5.74) is -0.548. The van der Waals surface area contributed by atoms with Crippen molar-refractivity contribution in [1.82, 2.24) is 10.2 Å². The van der Waals surface area contributed by atoms with Crippen molar-refractivity contribution in [3.8, 4) is 17.6 Å². The van der Waals surface area contributed by atoms with Crippen molar-refractivity contribution >= 4 is 28.4 Å². The first-order chi connectivity index (χ1) is 13.6. The number of carbonyl (C=O) groups excluding carboxylic acids is 1. The van der Waals surface area contributed by atoms with E-state index >= 15 is 0 Å². The predicted molar refractivity (Wildman–Crippen MR) is 100.0 cm³/mol. The highest BCUT2D eigenvalue weighted by Crippen LogP contribution is 2.33. The smallest absolute Gasteiger partial charge is 0.272 e. The number of amides is 1. The summed E-state index contributed by atoms with van der Waals surface area (Å²) in [6.07, 6.45) is 1.39. The number of aromatic nitrogens is 2. The first-order valence-corrected chi connectivity index (χ1v) is 8.13. The molecule has 2 heterocycles. The quantitative estimate of drug-likeness (QED) is 0.468. The van der Waals surface area contributed by atoms with Crippen molar-refractivity contribution in [2.45, 2.75) is 0 Å². The zero-order valence-corrected chi connectivity index (χ0v) is 14.2. The van der Waals surface area contributed by atoms with Crippen LogP contribution >= 0.6 is 0 Å². The lowest BCUT2D eigenvalue weighted by molar-refractivity contribution is -0.112. The van der Waals surface area contributed by atoms with Gasteiger partial charge in [0.25, 0.3) is 17.0 Å². The molecule has 1 aromatic heterocycles. The summed E-state index contributed by atoms with van der Waals surface area (Å²) in [7, 11) is 0. The summed E-state index contributed by atoms with van der Waals surface area (Å²) in [5, 5.41) is 16.5. The number of benzene rings is 2. The fraction of sp³-hybridized carbons (Fsp3) is 0.0526. The van der Waals surface area contributed by atoms with Gasteiger partial charge in [-0.1, -0.05) is 12.1 Å². The molecule has 0 saturated heterocycles. The Balaban J connectivity index is 1.69. The van der Waals surface area contributed by atoms with Gasteiger partial charge in [-0.3, -0.25) is 24.6 Å². The average molecular weight is 376 g/mol. The molecule has 1 aliphatic heterocycles. The van der Waals surface area contributed by atoms with E-state index in [1.54, 1.807) is 18.2 Å². The van der Waals surface area contributed by atoms with Crippen molar-refractivity contribution in [1.29, 1.82) is 5.26 Å². The second-order valence-electron chi connectivity index (χ2n) is 5.87. The molecule has 0 unspecified atom stereocenters. The largest absolute Gasteiger partial charge is 0.454 e. The van der Waals surface area contributed by atoms with Gasteiger partial charge in [0.05, 0.1) is 16.5 Å². The maximum absolute atomic E-state index is 12.6. The standard InChI is InChI=1S/C19H12N4O5/c20-8-11(6-10-4-5-14-15(7-10)28-9-27-14)17(24)21-13-3-1-2-12-16(13)19(26)23-22-18(12)25/h1-7H,9H2,(H,21,24)(H,22,25)(H,23,26)/b11-6-. The third-order valence-electron chi connectivity index (χ3n) is 4.15. The third-order valence-corrected chi connectivity index (χ3v) is 4.15. The number of anilines is 1. The molecule has 0 spiro atoms. The van der Waals surface area contributed by atoms with Gasteiger partial charge in [0.15, 0.2) is 11.5 Å². The number of ether oxygens (including phenoxy) is 2. The molecule has 0 atom stereocenters. The van der Waals surface area contributed by atoms with Crippen LogP contribution in [0.4, 0.5) is 5.69 Å². The number of nitriles is 1. The molecule has 28 heavy (non-hydrogen) atoms. The highest BCUT2D eigenvalue weighted by molar-refractivity contribution is 6.12. The van der Waals surface area contributed by atoms with Crippen molar-refractivity contribution in [2.75, 3.05) is 12.1 Å². The number of fused-ring (bicyclic) bond motifs is 2. The lowest BCUT2D eigenvalue weighted by Crippen LogP contribution is -2.21. The van der Waals surface area contributed by atoms with Crippen molar-refractivity contribution in [3.63, 3.8) is 0 Å². The molecule has 138 valence electrons. The summed E-state index contributed by atoms with van der Waals surface area (Å²) in [6, 6.07) is 11.3. The summed E-state index contributed by atoms with van der Waals surface area (Å²) >= 11 is 0. The second kappa shape index (κ2) is 6.77. The van der Waals surface area contributed by atoms with E-state index in [2.05, 4.69) is 15.5 Å². The van der Waals surface area contributed by atoms with Crippen LogP contribution in [0.2, 0.25) is 0 Å². The second-order valence-corrected chi connectivity index (χ2v) is 5.87. The molecule has 2 aromatic carbocycles. The molecular weight excluding hydrogens is 364 g/mol. The van der Waals surface area contributed by atoms with Crippen LogP contribution in [0.15, 0.2) is 51.6 Å². The Morgan fingerprint density at radius 1 is 1.11 bits per heavy atom. The van der Waals surface area contributed by atoms with E-state index in [0.29, 0.717) is 17.1 Å². The zero-order chi connectivity index (χ0) is 19.7. The average Bonchev–Trinajstić information content (AvgIpc) is 3.17. The minimum Gasteiger partial charge on any atom is -0.454 e. The number of aromatic amines is 2. The third kappa shape index (κ3) is 2.99. The SMILES string of the molecule is N#C/C(=C/c1ccc2c(c1)OCO2)C(=O)Nc1cccc2c(=O)[nH][nH]c(=O)c12. The first kappa shape index (κ1) is 17.1. The molecule has 4 rings (SSSR count). The van der Waals surface area contributed by atoms with Crippen LogP contribution in [0, 0.1) is 11.3 Å². The number of rotatable bonds is 3. The van der Waals surface area contributed by atoms with Crippen molar-refractivity contribution in [3.05, 3.63) is 68.2 Å². The Morgan fingerprint density at radius 3 is 2.71 bits per heavy atom. The van der Waals surface area contributed by atoms with Gasteiger partial charge in [0, 0.05) is 0 Å². The van der Waals surface area contributed by atoms with Gasteiger partial charge in [-0.25, -0.2) is 0 Å². The molecule has 3 N–H and O–H groups in total. The zero-order valence-electron chi connectivity index (χ0n) is 14.2. The van der Waals surface area contributed by atoms with E-state index in [-0.39, 0.29) is 28.8 Å². The van der Waals surface area contributed by atoms with Gasteiger partial charge in [-0.15, -0.1) is 0 Å². The van der Waals surface area contributed by atoms with E-state index in [0.717, 1.165) is 0 Å². The fourth-order valence-electron chi connectivity index (χ4n) is 2.84. The van der Waals surface area contributed by atoms with E-state index < -0.39 is 17.0 Å². The minimum absolute atomic E-state index is 0.0277. The van der Waals surface area contributed by atoms with E-state index in [1.807, 2.05) is 6.07 Å². The number of nitrogens with zero attached hydrogens (tertiary/aromatic N) is 1. The lowest BCUT2D eigenvalue weighted by atomic mass is 10.1. The lowest BCUT2D eigenvalue weighted by Gasteiger charge is -2.07. The Labute approximate surface area is 156 Å². The topological polar surface area (TPSA) is 137 Å². The Bertz CT molecular complexity index is 1300. The molecule has 0 fully saturated rings. The maximum Gasteiger partial charge on any atom is 0.272 e. The van der Waals surface area contributed by atoms with E-state index in [1.165, 1.54) is 24.3 Å². The van der Waals surface area contributed by atoms with E-state index in [4.69, 9.17) is 9.47 Å². The van der Waals surface area contributed by atoms with Crippen LogP contribution in [0.5, 0.6) is 11.5 Å². The Morgan fingerprint density at radius 2 is 1.89 bits per heavy atom. The molecule has 1 aliphatic rings. The highest BCUT2D eigenvalue weighted by Gasteiger charge is 2.16. The van der Waals surface area contributed by atoms with Gasteiger partial charge in [0.2, 0.25) is 6.79 Å². The van der Waals surface area contributed by atoms with Gasteiger partial charge in [0.1, 0.15) is 11.6 Å². The number of hydrogen-bond acceptors (Lipinski definition) is 6. The molecule has 0 radical (unpaired) electrons. The van der Waals surface area contributed by atoms with Crippen molar-refractivity contribution in [2.24, 2.45) is 0 Å². The summed E-state index contributed by atoms with van der Waals surface area (Å²) in [4.78, 5) is 36.5. The molecule has 9 nitrogen and oxygen atoms in total. The van der Waals surface area contributed by atoms with Crippen LogP contribution in [0.3, 0.4) is 0 Å². The van der Waals surface area contributed by atoms with Gasteiger partial charge in [-0.2, -0.15) is 5.26 Å². The van der Waals surface area contributed by atoms with Crippen LogP contribution in [-0.4, -0.2) is 22.9 Å². The van der Waals surface area contributed by atoms with Crippen molar-refractivity contribution < 1.29 is 14.3 Å². The molecule has 9 heteroatoms. The molecule has 0 saturated carbocycles. The summed E-state index contributed by atoms with van der Waals surface area (Å²) in [5.74, 6) is 0.388. The Hall–Kier alpha value is -4.32. The molecule has 1 amide bonds. The van der Waals surface area contributed by atoms with Crippen LogP contribution in [0.1, 0.15) is 5.56 Å². The molecule has 3 aromatic rings. The van der Waals surface area contributed by atoms with E-state index in [9.17, 15) is 19.6 Å². The van der Waals surface area contributed by atoms with Gasteiger partial charge >= 0.3 is 0 Å². The fourth-order valence-corrected chi connectivity index (χ4v) is 2.84. The predicted octanol–water partition coefficient (Wildman–Crippen LogP) is 1.49. The number of H-pyrrole nitrogens is 2. The van der Waals surface area contributed by atoms with Crippen LogP contribution < -0.4 is 25.9 Å². The maximum atomic E-state index is 12.6. The first-order valence-electron chi connectivity index (χ1n) is 8.13. The minimum atomic E-state index is -0.715. The highest BCUT2D eigenvalue weighted by atomic mass is 16.7. The van der Waals surface area contributed by atoms with Gasteiger partial charge < -0.3 is 14.8 Å². The van der Waals surface area contributed by atoms with Crippen LogP contribution in [-0.2, 0) is 4.79 Å². The Kier molecular flexibility index (Phi) is 4.14. The van der Waals surface area contributed by atoms with Crippen LogP contribution in [0.25, 0.3) is 16.8 Å². The van der Waals surface area contributed by atoms with Gasteiger partial charge in [-0.05, 0) is 35.9 Å². The molecular formula is C19H12N4O5. The number of hydrogen-bond donors (Lipinski definition) is 3. The molecule has 0 aliphatic carbocycles. The summed E-state index contributed by atoms with van der Waals surface area (Å²) < 4.78 is 10.5. The normalized spacial score (nSPS) is 12.6. The number of carbonyl (C=O) groups is 1. The monoisotopic (exact) mass is 376 g/mol. The number of nitrogens with one attached hydrogen (secondary N) is 3. The molecule has 0 bridgehead atoms.